The molecule has 1 saturated heterocycles. The van der Waals surface area contributed by atoms with Gasteiger partial charge >= 0.3 is 7.12 Å². The number of alkyl halides is 2. The molecule has 0 radical (unpaired) electrons. The summed E-state index contributed by atoms with van der Waals surface area (Å²) < 4.78 is 39.8. The van der Waals surface area contributed by atoms with E-state index in [0.717, 1.165) is 0 Å². The van der Waals surface area contributed by atoms with Crippen molar-refractivity contribution < 1.29 is 18.1 Å². The van der Waals surface area contributed by atoms with Gasteiger partial charge in [0.25, 0.3) is 5.92 Å². The van der Waals surface area contributed by atoms with E-state index in [1.54, 1.807) is 24.3 Å². The predicted octanol–water partition coefficient (Wildman–Crippen LogP) is 3.88. The molecule has 0 aromatic heterocycles. The first-order valence-electron chi connectivity index (χ1n) is 6.95. The Balaban J connectivity index is 1.83. The molecular formula is C15H19BF2O2. The largest absolute Gasteiger partial charge is 0.468 e. The molecule has 1 heterocycles. The van der Waals surface area contributed by atoms with E-state index in [1.165, 1.54) is 0 Å². The summed E-state index contributed by atoms with van der Waals surface area (Å²) in [6, 6.07) is 8.87. The van der Waals surface area contributed by atoms with E-state index in [2.05, 4.69) is 0 Å². The van der Waals surface area contributed by atoms with Gasteiger partial charge in [0.15, 0.2) is 0 Å². The Kier molecular flexibility index (Phi) is 2.84. The topological polar surface area (TPSA) is 18.5 Å². The Morgan fingerprint density at radius 3 is 1.95 bits per heavy atom. The van der Waals surface area contributed by atoms with Crippen LogP contribution >= 0.6 is 0 Å². The van der Waals surface area contributed by atoms with Crippen molar-refractivity contribution in [2.45, 2.75) is 56.6 Å². The smallest absolute Gasteiger partial charge is 0.403 e. The second-order valence-electron chi connectivity index (χ2n) is 6.71. The van der Waals surface area contributed by atoms with E-state index in [4.69, 9.17) is 9.31 Å². The average molecular weight is 280 g/mol. The van der Waals surface area contributed by atoms with Gasteiger partial charge in [-0.25, -0.2) is 8.78 Å². The SMILES string of the molecule is CC1(C)OB([C@H]2[C@@H](c3ccccc3)C2(F)F)OC1(C)C. The lowest BCUT2D eigenvalue weighted by Crippen LogP contribution is -2.41. The summed E-state index contributed by atoms with van der Waals surface area (Å²) in [7, 11) is -0.847. The van der Waals surface area contributed by atoms with Gasteiger partial charge in [-0.15, -0.1) is 0 Å². The van der Waals surface area contributed by atoms with Crippen LogP contribution in [-0.4, -0.2) is 24.2 Å². The summed E-state index contributed by atoms with van der Waals surface area (Å²) in [5.74, 6) is -4.47. The maximum Gasteiger partial charge on any atom is 0.468 e. The molecule has 1 aromatic rings. The van der Waals surface area contributed by atoms with Crippen molar-refractivity contribution in [3.8, 4) is 0 Å². The molecule has 0 N–H and O–H groups in total. The molecule has 1 aliphatic heterocycles. The fourth-order valence-electron chi connectivity index (χ4n) is 2.81. The molecule has 1 saturated carbocycles. The minimum Gasteiger partial charge on any atom is -0.403 e. The Bertz CT molecular complexity index is 500. The number of hydrogen-bond acceptors (Lipinski definition) is 2. The minimum atomic E-state index is -2.76. The van der Waals surface area contributed by atoms with Gasteiger partial charge in [-0.3, -0.25) is 0 Å². The first-order chi connectivity index (χ1) is 9.17. The number of rotatable bonds is 2. The van der Waals surface area contributed by atoms with Gasteiger partial charge in [0.05, 0.1) is 22.9 Å². The molecule has 3 rings (SSSR count). The quantitative estimate of drug-likeness (QED) is 0.765. The van der Waals surface area contributed by atoms with Crippen molar-refractivity contribution >= 4 is 7.12 Å². The average Bonchev–Trinajstić information content (AvgIpc) is 2.83. The van der Waals surface area contributed by atoms with Crippen LogP contribution in [0.15, 0.2) is 30.3 Å². The molecular weight excluding hydrogens is 261 g/mol. The molecule has 108 valence electrons. The lowest BCUT2D eigenvalue weighted by atomic mass is 9.79. The van der Waals surface area contributed by atoms with E-state index in [9.17, 15) is 8.78 Å². The lowest BCUT2D eigenvalue weighted by Gasteiger charge is -2.32. The molecule has 2 aliphatic rings. The van der Waals surface area contributed by atoms with Crippen LogP contribution in [0.4, 0.5) is 8.78 Å². The minimum absolute atomic E-state index is 0.572. The molecule has 2 fully saturated rings. The second kappa shape index (κ2) is 4.04. The summed E-state index contributed by atoms with van der Waals surface area (Å²) in [5, 5.41) is 0. The highest BCUT2D eigenvalue weighted by Gasteiger charge is 2.77. The molecule has 0 unspecified atom stereocenters. The Morgan fingerprint density at radius 2 is 1.45 bits per heavy atom. The van der Waals surface area contributed by atoms with Gasteiger partial charge in [-0.05, 0) is 33.3 Å². The van der Waals surface area contributed by atoms with Crippen LogP contribution in [0.3, 0.4) is 0 Å². The molecule has 0 amide bonds. The van der Waals surface area contributed by atoms with Crippen molar-refractivity contribution in [2.75, 3.05) is 0 Å². The van der Waals surface area contributed by atoms with Crippen LogP contribution < -0.4 is 0 Å². The fourth-order valence-corrected chi connectivity index (χ4v) is 2.81. The van der Waals surface area contributed by atoms with Crippen LogP contribution in [0.1, 0.15) is 39.2 Å². The summed E-state index contributed by atoms with van der Waals surface area (Å²) >= 11 is 0. The summed E-state index contributed by atoms with van der Waals surface area (Å²) in [5.41, 5.74) is -0.494. The maximum atomic E-state index is 14.1. The number of halogens is 2. The molecule has 0 spiro atoms. The van der Waals surface area contributed by atoms with Gasteiger partial charge in [-0.1, -0.05) is 30.3 Å². The van der Waals surface area contributed by atoms with Crippen molar-refractivity contribution in [3.63, 3.8) is 0 Å². The highest BCUT2D eigenvalue weighted by atomic mass is 19.3. The molecule has 2 nitrogen and oxygen atoms in total. The summed E-state index contributed by atoms with van der Waals surface area (Å²) in [4.78, 5) is 0. The Labute approximate surface area is 118 Å². The van der Waals surface area contributed by atoms with Crippen molar-refractivity contribution in [1.29, 1.82) is 0 Å². The van der Waals surface area contributed by atoms with Gasteiger partial charge in [-0.2, -0.15) is 0 Å². The molecule has 20 heavy (non-hydrogen) atoms. The first kappa shape index (κ1) is 14.0. The van der Waals surface area contributed by atoms with Crippen LogP contribution in [0.5, 0.6) is 0 Å². The molecule has 0 bridgehead atoms. The van der Waals surface area contributed by atoms with E-state index in [-0.39, 0.29) is 0 Å². The Morgan fingerprint density at radius 1 is 0.950 bits per heavy atom. The van der Waals surface area contributed by atoms with E-state index in [0.29, 0.717) is 5.56 Å². The highest BCUT2D eigenvalue weighted by Crippen LogP contribution is 2.69. The van der Waals surface area contributed by atoms with E-state index < -0.39 is 36.0 Å². The zero-order valence-electron chi connectivity index (χ0n) is 12.2. The van der Waals surface area contributed by atoms with E-state index >= 15 is 0 Å². The van der Waals surface area contributed by atoms with Gasteiger partial charge in [0.2, 0.25) is 0 Å². The third-order valence-corrected chi connectivity index (χ3v) is 4.83. The summed E-state index contributed by atoms with van der Waals surface area (Å²) in [6.45, 7) is 7.52. The van der Waals surface area contributed by atoms with Crippen LogP contribution in [0.25, 0.3) is 0 Å². The third kappa shape index (κ3) is 1.91. The Hall–Kier alpha value is -0.935. The highest BCUT2D eigenvalue weighted by molar-refractivity contribution is 6.49. The molecule has 5 heteroatoms. The fraction of sp³-hybridized carbons (Fsp3) is 0.600. The number of benzene rings is 1. The molecule has 1 aliphatic carbocycles. The van der Waals surface area contributed by atoms with Gasteiger partial charge < -0.3 is 9.31 Å². The van der Waals surface area contributed by atoms with Gasteiger partial charge in [0.1, 0.15) is 0 Å². The normalized spacial score (nSPS) is 33.2. The van der Waals surface area contributed by atoms with Crippen molar-refractivity contribution in [2.24, 2.45) is 0 Å². The summed E-state index contributed by atoms with van der Waals surface area (Å²) in [6.07, 6.45) is 0. The second-order valence-corrected chi connectivity index (χ2v) is 6.71. The molecule has 2 atom stereocenters. The lowest BCUT2D eigenvalue weighted by molar-refractivity contribution is 0.00578. The van der Waals surface area contributed by atoms with Crippen molar-refractivity contribution in [1.82, 2.24) is 0 Å². The predicted molar refractivity (Wildman–Crippen MR) is 74.0 cm³/mol. The maximum absolute atomic E-state index is 14.1. The zero-order valence-corrected chi connectivity index (χ0v) is 12.2. The van der Waals surface area contributed by atoms with E-state index in [1.807, 2.05) is 33.8 Å². The van der Waals surface area contributed by atoms with Crippen LogP contribution in [0, 0.1) is 0 Å². The standard InChI is InChI=1S/C15H19BF2O2/c1-13(2)14(3,4)20-16(19-13)12-11(15(12,17)18)10-8-6-5-7-9-10/h5-9,11-12H,1-4H3/t11-,12+/m1/s1. The van der Waals surface area contributed by atoms with Crippen LogP contribution in [-0.2, 0) is 9.31 Å². The third-order valence-electron chi connectivity index (χ3n) is 4.83. The monoisotopic (exact) mass is 280 g/mol. The zero-order chi connectivity index (χ0) is 14.8. The van der Waals surface area contributed by atoms with Crippen LogP contribution in [0.2, 0.25) is 5.82 Å². The number of hydrogen-bond donors (Lipinski definition) is 0. The first-order valence-corrected chi connectivity index (χ1v) is 6.95. The molecule has 1 aromatic carbocycles. The van der Waals surface area contributed by atoms with Crippen molar-refractivity contribution in [3.05, 3.63) is 35.9 Å². The van der Waals surface area contributed by atoms with Gasteiger partial charge in [0, 0.05) is 0 Å².